The first-order valence-electron chi connectivity index (χ1n) is 2.02. The minimum Gasteiger partial charge on any atom is -0.176 e. The van der Waals surface area contributed by atoms with Gasteiger partial charge in [0.05, 0.1) is 0 Å². The first-order valence-corrected chi connectivity index (χ1v) is 2.81. The number of rotatable bonds is 0. The van der Waals surface area contributed by atoms with Crippen LogP contribution in [0, 0.1) is 6.07 Å². The average molecular weight is 262 g/mol. The first-order chi connectivity index (χ1) is 3.39. The zero-order chi connectivity index (χ0) is 5.11. The van der Waals surface area contributed by atoms with Gasteiger partial charge in [0.2, 0.25) is 0 Å². The van der Waals surface area contributed by atoms with Crippen molar-refractivity contribution in [2.45, 2.75) is 0 Å². The molecule has 1 aromatic carbocycles. The van der Waals surface area contributed by atoms with Crippen molar-refractivity contribution >= 4 is 15.9 Å². The Morgan fingerprint density at radius 2 is 2.12 bits per heavy atom. The molecule has 0 aliphatic rings. The Kier molecular flexibility index (Phi) is 4.45. The van der Waals surface area contributed by atoms with Gasteiger partial charge in [0.1, 0.15) is 0 Å². The van der Waals surface area contributed by atoms with Gasteiger partial charge in [-0.05, 0) is 0 Å². The molecule has 0 saturated carbocycles. The molecule has 0 nitrogen and oxygen atoms in total. The van der Waals surface area contributed by atoms with E-state index in [-0.39, 0.29) is 20.4 Å². The summed E-state index contributed by atoms with van der Waals surface area (Å²) in [5, 5.41) is 0. The Bertz CT molecular complexity index is 138. The normalized spacial score (nSPS) is 7.62. The summed E-state index contributed by atoms with van der Waals surface area (Å²) in [5.74, 6) is 0. The van der Waals surface area contributed by atoms with Crippen LogP contribution in [0.15, 0.2) is 28.7 Å². The second kappa shape index (κ2) is 4.26. The number of hydrogen-bond donors (Lipinski definition) is 0. The smallest absolute Gasteiger partial charge is 0 e. The Balaban J connectivity index is 0.000000490. The molecule has 0 saturated heterocycles. The van der Waals surface area contributed by atoms with Gasteiger partial charge in [-0.1, -0.05) is 20.4 Å². The predicted molar refractivity (Wildman–Crippen MR) is 33.0 cm³/mol. The van der Waals surface area contributed by atoms with E-state index >= 15 is 0 Å². The van der Waals surface area contributed by atoms with Crippen LogP contribution >= 0.6 is 15.9 Å². The Morgan fingerprint density at radius 1 is 1.38 bits per heavy atom. The van der Waals surface area contributed by atoms with E-state index in [1.807, 2.05) is 24.3 Å². The molecule has 0 amide bonds. The van der Waals surface area contributed by atoms with E-state index in [4.69, 9.17) is 0 Å². The molecule has 0 radical (unpaired) electrons. The molecule has 0 heterocycles. The number of halogens is 1. The van der Waals surface area contributed by atoms with Gasteiger partial charge in [-0.25, -0.2) is 0 Å². The molecule has 1 rings (SSSR count). The van der Waals surface area contributed by atoms with Gasteiger partial charge >= 0.3 is 0 Å². The van der Waals surface area contributed by atoms with E-state index in [0.29, 0.717) is 0 Å². The first kappa shape index (κ1) is 8.36. The van der Waals surface area contributed by atoms with Crippen LogP contribution in [0.3, 0.4) is 0 Å². The molecule has 46 valence electrons. The summed E-state index contributed by atoms with van der Waals surface area (Å²) in [6.45, 7) is 0. The van der Waals surface area contributed by atoms with Crippen molar-refractivity contribution in [2.24, 2.45) is 0 Å². The molecule has 0 spiro atoms. The van der Waals surface area contributed by atoms with Crippen molar-refractivity contribution in [1.29, 1.82) is 0 Å². The average Bonchev–Trinajstić information content (AvgIpc) is 1.69. The molecule has 2 heteroatoms. The van der Waals surface area contributed by atoms with Crippen molar-refractivity contribution in [3.8, 4) is 0 Å². The molecule has 8 heavy (non-hydrogen) atoms. The number of benzene rings is 1. The van der Waals surface area contributed by atoms with Gasteiger partial charge in [-0.15, -0.1) is 0 Å². The van der Waals surface area contributed by atoms with Crippen molar-refractivity contribution < 1.29 is 20.4 Å². The van der Waals surface area contributed by atoms with Crippen molar-refractivity contribution in [1.82, 2.24) is 0 Å². The standard InChI is InChI=1S/C6H4Br.Pd/c7-6-4-2-1-3-5-6;/h1-4H;/q-1;. The summed E-state index contributed by atoms with van der Waals surface area (Å²) in [5.41, 5.74) is 0. The number of hydrogen-bond acceptors (Lipinski definition) is 0. The Hall–Kier alpha value is 0.362. The van der Waals surface area contributed by atoms with E-state index in [2.05, 4.69) is 22.0 Å². The predicted octanol–water partition coefficient (Wildman–Crippen LogP) is 2.25. The molecule has 0 bridgehead atoms. The van der Waals surface area contributed by atoms with Gasteiger partial charge in [-0.2, -0.15) is 30.3 Å². The minimum absolute atomic E-state index is 0. The summed E-state index contributed by atoms with van der Waals surface area (Å²) in [6.07, 6.45) is 0. The van der Waals surface area contributed by atoms with Crippen molar-refractivity contribution in [3.63, 3.8) is 0 Å². The van der Waals surface area contributed by atoms with Crippen molar-refractivity contribution in [2.75, 3.05) is 0 Å². The van der Waals surface area contributed by atoms with Crippen LogP contribution in [0.5, 0.6) is 0 Å². The van der Waals surface area contributed by atoms with E-state index in [1.54, 1.807) is 0 Å². The molecule has 0 aromatic heterocycles. The van der Waals surface area contributed by atoms with Crippen LogP contribution in [0.4, 0.5) is 0 Å². The van der Waals surface area contributed by atoms with Crippen LogP contribution in [0.2, 0.25) is 0 Å². The van der Waals surface area contributed by atoms with E-state index < -0.39 is 0 Å². The molecular formula is C6H4BrPd-. The zero-order valence-corrected chi connectivity index (χ0v) is 7.14. The molecule has 0 fully saturated rings. The minimum atomic E-state index is 0. The van der Waals surface area contributed by atoms with Gasteiger partial charge in [0.25, 0.3) is 0 Å². The second-order valence-electron chi connectivity index (χ2n) is 1.21. The second-order valence-corrected chi connectivity index (χ2v) is 2.06. The van der Waals surface area contributed by atoms with Gasteiger partial charge in [0.15, 0.2) is 0 Å². The maximum Gasteiger partial charge on any atom is 0 e. The third kappa shape index (κ3) is 2.62. The van der Waals surface area contributed by atoms with Crippen LogP contribution in [-0.2, 0) is 20.4 Å². The monoisotopic (exact) mass is 261 g/mol. The van der Waals surface area contributed by atoms with E-state index in [1.165, 1.54) is 0 Å². The third-order valence-electron chi connectivity index (χ3n) is 0.671. The fourth-order valence-electron chi connectivity index (χ4n) is 0.371. The van der Waals surface area contributed by atoms with Gasteiger partial charge in [-0.3, -0.25) is 0 Å². The topological polar surface area (TPSA) is 0 Å². The van der Waals surface area contributed by atoms with Crippen LogP contribution < -0.4 is 0 Å². The molecular weight excluding hydrogens is 258 g/mol. The Morgan fingerprint density at radius 3 is 2.38 bits per heavy atom. The van der Waals surface area contributed by atoms with Gasteiger partial charge < -0.3 is 0 Å². The maximum absolute atomic E-state index is 3.26. The van der Waals surface area contributed by atoms with E-state index in [0.717, 1.165) is 4.47 Å². The fourth-order valence-corrected chi connectivity index (χ4v) is 0.656. The van der Waals surface area contributed by atoms with Crippen LogP contribution in [-0.4, -0.2) is 0 Å². The summed E-state index contributed by atoms with van der Waals surface area (Å²) >= 11 is 3.26. The summed E-state index contributed by atoms with van der Waals surface area (Å²) in [7, 11) is 0. The van der Waals surface area contributed by atoms with Crippen LogP contribution in [0.25, 0.3) is 0 Å². The Labute approximate surface area is 71.1 Å². The largest absolute Gasteiger partial charge is 0.176 e. The third-order valence-corrected chi connectivity index (χ3v) is 1.16. The zero-order valence-electron chi connectivity index (χ0n) is 4.00. The molecule has 0 N–H and O–H groups in total. The molecule has 0 unspecified atom stereocenters. The van der Waals surface area contributed by atoms with Crippen molar-refractivity contribution in [3.05, 3.63) is 34.8 Å². The maximum atomic E-state index is 3.26. The molecule has 0 aliphatic heterocycles. The SMILES string of the molecule is Brc1[c-]cccc1.[Pd]. The van der Waals surface area contributed by atoms with Gasteiger partial charge in [0, 0.05) is 20.4 Å². The fraction of sp³-hybridized carbons (Fsp3) is 0. The molecule has 0 atom stereocenters. The molecule has 1 aromatic rings. The van der Waals surface area contributed by atoms with Crippen LogP contribution in [0.1, 0.15) is 0 Å². The quantitative estimate of drug-likeness (QED) is 0.497. The summed E-state index contributed by atoms with van der Waals surface area (Å²) < 4.78 is 1.01. The summed E-state index contributed by atoms with van der Waals surface area (Å²) in [6, 6.07) is 10.7. The molecule has 0 aliphatic carbocycles. The summed E-state index contributed by atoms with van der Waals surface area (Å²) in [4.78, 5) is 0. The van der Waals surface area contributed by atoms with E-state index in [9.17, 15) is 0 Å².